The van der Waals surface area contributed by atoms with Crippen LogP contribution in [0.1, 0.15) is 23.6 Å². The maximum absolute atomic E-state index is 13.7. The number of halogens is 2. The summed E-state index contributed by atoms with van der Waals surface area (Å²) >= 11 is 12.7. The van der Waals surface area contributed by atoms with E-state index in [2.05, 4.69) is 9.88 Å². The minimum absolute atomic E-state index is 0.0718. The smallest absolute Gasteiger partial charge is 0.223 e. The lowest BCUT2D eigenvalue weighted by atomic mass is 9.91. The summed E-state index contributed by atoms with van der Waals surface area (Å²) in [6.07, 6.45) is 3.91. The normalized spacial score (nSPS) is 14.6. The van der Waals surface area contributed by atoms with Gasteiger partial charge >= 0.3 is 0 Å². The van der Waals surface area contributed by atoms with E-state index in [1.165, 1.54) is 0 Å². The van der Waals surface area contributed by atoms with E-state index in [-0.39, 0.29) is 18.2 Å². The van der Waals surface area contributed by atoms with E-state index in [1.807, 2.05) is 70.2 Å². The lowest BCUT2D eigenvalue weighted by Gasteiger charge is -2.37. The number of carbonyl (C=O) groups excluding carboxylic acids is 1. The molecule has 0 aliphatic carbocycles. The lowest BCUT2D eigenvalue weighted by Crippen LogP contribution is -2.49. The average molecular weight is 539 g/mol. The van der Waals surface area contributed by atoms with Gasteiger partial charge in [-0.3, -0.25) is 4.79 Å². The molecule has 4 aromatic rings. The summed E-state index contributed by atoms with van der Waals surface area (Å²) in [5.41, 5.74) is 3.54. The number of amides is 1. The Hall–Kier alpha value is -3.42. The van der Waals surface area contributed by atoms with E-state index < -0.39 is 0 Å². The van der Waals surface area contributed by atoms with E-state index in [1.54, 1.807) is 20.3 Å². The third-order valence-electron chi connectivity index (χ3n) is 6.84. The number of methoxy groups -OCH3 is 2. The molecule has 1 amide bonds. The highest BCUT2D eigenvalue weighted by Gasteiger charge is 2.28. The molecule has 0 saturated carbocycles. The minimum Gasteiger partial charge on any atom is -0.497 e. The first-order chi connectivity index (χ1) is 18.0. The van der Waals surface area contributed by atoms with Gasteiger partial charge in [-0.15, -0.1) is 0 Å². The van der Waals surface area contributed by atoms with Crippen molar-refractivity contribution in [1.82, 2.24) is 14.3 Å². The number of pyridine rings is 1. The number of hydrogen-bond donors (Lipinski definition) is 0. The van der Waals surface area contributed by atoms with Crippen LogP contribution in [0, 0.1) is 0 Å². The first-order valence-corrected chi connectivity index (χ1v) is 12.8. The molecule has 0 spiro atoms. The topological polar surface area (TPSA) is 59.3 Å². The highest BCUT2D eigenvalue weighted by atomic mass is 35.5. The third-order valence-corrected chi connectivity index (χ3v) is 7.38. The van der Waals surface area contributed by atoms with E-state index in [4.69, 9.17) is 32.7 Å². The number of carbonyl (C=O) groups is 1. The van der Waals surface area contributed by atoms with Crippen LogP contribution in [0.15, 0.2) is 67.0 Å². The summed E-state index contributed by atoms with van der Waals surface area (Å²) < 4.78 is 13.0. The fourth-order valence-corrected chi connectivity index (χ4v) is 5.28. The highest BCUT2D eigenvalue weighted by molar-refractivity contribution is 6.33. The number of rotatable bonds is 7. The van der Waals surface area contributed by atoms with Crippen LogP contribution in [0.2, 0.25) is 10.0 Å². The maximum atomic E-state index is 13.7. The molecule has 1 saturated heterocycles. The van der Waals surface area contributed by atoms with Gasteiger partial charge in [0.25, 0.3) is 0 Å². The Kier molecular flexibility index (Phi) is 7.44. The molecule has 1 fully saturated rings. The van der Waals surface area contributed by atoms with Crippen molar-refractivity contribution in [2.75, 3.05) is 45.3 Å². The van der Waals surface area contributed by atoms with Crippen LogP contribution in [-0.2, 0) is 4.79 Å². The number of imidazole rings is 1. The molecule has 0 radical (unpaired) electrons. The van der Waals surface area contributed by atoms with Crippen molar-refractivity contribution in [3.05, 3.63) is 88.3 Å². The molecular formula is C28H28Cl2N4O3. The second-order valence-electron chi connectivity index (χ2n) is 8.98. The molecule has 0 N–H and O–H groups in total. The van der Waals surface area contributed by atoms with Crippen LogP contribution < -0.4 is 14.4 Å². The molecule has 1 aliphatic rings. The van der Waals surface area contributed by atoms with Gasteiger partial charge in [0.15, 0.2) is 0 Å². The lowest BCUT2D eigenvalue weighted by molar-refractivity contribution is -0.131. The quantitative estimate of drug-likeness (QED) is 0.309. The Labute approximate surface area is 226 Å². The van der Waals surface area contributed by atoms with Crippen LogP contribution in [0.5, 0.6) is 11.5 Å². The summed E-state index contributed by atoms with van der Waals surface area (Å²) in [5.74, 6) is 1.10. The molecule has 1 aliphatic heterocycles. The third kappa shape index (κ3) is 5.33. The van der Waals surface area contributed by atoms with E-state index in [0.29, 0.717) is 29.6 Å². The van der Waals surface area contributed by atoms with Crippen molar-refractivity contribution in [3.63, 3.8) is 0 Å². The van der Waals surface area contributed by atoms with Crippen molar-refractivity contribution in [2.24, 2.45) is 0 Å². The molecule has 0 bridgehead atoms. The number of ether oxygens (including phenoxy) is 2. The van der Waals surface area contributed by atoms with Crippen molar-refractivity contribution in [3.8, 4) is 11.5 Å². The van der Waals surface area contributed by atoms with Gasteiger partial charge in [-0.25, -0.2) is 4.98 Å². The van der Waals surface area contributed by atoms with Crippen molar-refractivity contribution < 1.29 is 14.3 Å². The largest absolute Gasteiger partial charge is 0.497 e. The van der Waals surface area contributed by atoms with Gasteiger partial charge in [0, 0.05) is 57.0 Å². The monoisotopic (exact) mass is 538 g/mol. The van der Waals surface area contributed by atoms with Crippen LogP contribution in [0.4, 0.5) is 5.69 Å². The summed E-state index contributed by atoms with van der Waals surface area (Å²) in [5, 5.41) is 1.32. The predicted molar refractivity (Wildman–Crippen MR) is 146 cm³/mol. The number of aromatic nitrogens is 2. The second kappa shape index (κ2) is 10.9. The van der Waals surface area contributed by atoms with Crippen molar-refractivity contribution in [2.45, 2.75) is 12.3 Å². The zero-order valence-electron chi connectivity index (χ0n) is 20.7. The van der Waals surface area contributed by atoms with Gasteiger partial charge in [0.05, 0.1) is 35.6 Å². The summed E-state index contributed by atoms with van der Waals surface area (Å²) in [6, 6.07) is 17.2. The zero-order valence-corrected chi connectivity index (χ0v) is 22.2. The summed E-state index contributed by atoms with van der Waals surface area (Å²) in [4.78, 5) is 22.4. The number of anilines is 1. The summed E-state index contributed by atoms with van der Waals surface area (Å²) in [7, 11) is 3.23. The molecule has 7 nitrogen and oxygen atoms in total. The Morgan fingerprint density at radius 1 is 0.973 bits per heavy atom. The van der Waals surface area contributed by atoms with Gasteiger partial charge in [-0.05, 0) is 42.0 Å². The van der Waals surface area contributed by atoms with E-state index in [9.17, 15) is 4.79 Å². The fraction of sp³-hybridized carbons (Fsp3) is 0.286. The Morgan fingerprint density at radius 2 is 1.68 bits per heavy atom. The number of piperazine rings is 1. The molecule has 3 heterocycles. The first-order valence-electron chi connectivity index (χ1n) is 12.1. The maximum Gasteiger partial charge on any atom is 0.223 e. The summed E-state index contributed by atoms with van der Waals surface area (Å²) in [6.45, 7) is 2.69. The van der Waals surface area contributed by atoms with Gasteiger partial charge in [0.1, 0.15) is 17.1 Å². The van der Waals surface area contributed by atoms with Gasteiger partial charge in [-0.1, -0.05) is 35.3 Å². The second-order valence-corrected chi connectivity index (χ2v) is 9.82. The standard InChI is InChI=1S/C28H28Cl2N4O3/c1-36-21-13-19(14-22(15-21)37-2)23(26-17-31-27-8-7-20(29)18-34(26)27)16-28(35)33-11-9-32(10-12-33)25-6-4-3-5-24(25)30/h3-8,13-15,17-18,23H,9-12,16H2,1-2H3/t23-/m0/s1. The average Bonchev–Trinajstić information content (AvgIpc) is 3.34. The van der Waals surface area contributed by atoms with Crippen LogP contribution in [-0.4, -0.2) is 60.6 Å². The Morgan fingerprint density at radius 3 is 2.35 bits per heavy atom. The number of para-hydroxylation sites is 1. The zero-order chi connectivity index (χ0) is 25.9. The molecule has 2 aromatic carbocycles. The van der Waals surface area contributed by atoms with Crippen LogP contribution in [0.3, 0.4) is 0 Å². The minimum atomic E-state index is -0.286. The highest BCUT2D eigenvalue weighted by Crippen LogP contribution is 2.35. The molecular weight excluding hydrogens is 511 g/mol. The molecule has 5 rings (SSSR count). The van der Waals surface area contributed by atoms with E-state index >= 15 is 0 Å². The molecule has 0 unspecified atom stereocenters. The van der Waals surface area contributed by atoms with Gasteiger partial charge in [0.2, 0.25) is 5.91 Å². The Balaban J connectivity index is 1.43. The molecule has 192 valence electrons. The number of nitrogens with zero attached hydrogens (tertiary/aromatic N) is 4. The molecule has 9 heteroatoms. The number of benzene rings is 2. The Bertz CT molecular complexity index is 1390. The molecule has 1 atom stereocenters. The van der Waals surface area contributed by atoms with Crippen molar-refractivity contribution in [1.29, 1.82) is 0 Å². The van der Waals surface area contributed by atoms with Crippen LogP contribution in [0.25, 0.3) is 5.65 Å². The molecule has 37 heavy (non-hydrogen) atoms. The first kappa shape index (κ1) is 25.2. The SMILES string of the molecule is COc1cc(OC)cc([C@H](CC(=O)N2CCN(c3ccccc3Cl)CC2)c2cnc3ccc(Cl)cn23)c1. The predicted octanol–water partition coefficient (Wildman–Crippen LogP) is 5.53. The van der Waals surface area contributed by atoms with Gasteiger partial charge in [-0.2, -0.15) is 0 Å². The van der Waals surface area contributed by atoms with Crippen molar-refractivity contribution >= 4 is 40.4 Å². The van der Waals surface area contributed by atoms with Gasteiger partial charge < -0.3 is 23.7 Å². The fourth-order valence-electron chi connectivity index (χ4n) is 4.86. The number of hydrogen-bond acceptors (Lipinski definition) is 5. The van der Waals surface area contributed by atoms with Crippen LogP contribution >= 0.6 is 23.2 Å². The number of fused-ring (bicyclic) bond motifs is 1. The molecule has 2 aromatic heterocycles. The van der Waals surface area contributed by atoms with E-state index in [0.717, 1.165) is 40.7 Å².